The lowest BCUT2D eigenvalue weighted by Crippen LogP contribution is -2.54. The van der Waals surface area contributed by atoms with E-state index in [9.17, 15) is 19.2 Å². The highest BCUT2D eigenvalue weighted by Crippen LogP contribution is 2.29. The van der Waals surface area contributed by atoms with Crippen LogP contribution < -0.4 is 20.3 Å². The number of benzene rings is 3. The average molecular weight is 518 g/mol. The third-order valence-corrected chi connectivity index (χ3v) is 6.20. The Morgan fingerprint density at radius 3 is 2.57 bits per heavy atom. The van der Waals surface area contributed by atoms with E-state index in [1.165, 1.54) is 6.08 Å². The van der Waals surface area contributed by atoms with Gasteiger partial charge in [-0.05, 0) is 79.4 Å². The Kier molecular flexibility index (Phi) is 7.40. The minimum Gasteiger partial charge on any atom is -0.484 e. The molecule has 0 radical (unpaired) electrons. The molecule has 0 atom stereocenters. The monoisotopic (exact) mass is 517 g/mol. The summed E-state index contributed by atoms with van der Waals surface area (Å²) in [6.45, 7) is 5.28. The molecule has 8 nitrogen and oxygen atoms in total. The van der Waals surface area contributed by atoms with Gasteiger partial charge in [0, 0.05) is 10.7 Å². The summed E-state index contributed by atoms with van der Waals surface area (Å²) in [6, 6.07) is 16.3. The smallest absolute Gasteiger partial charge is 0.335 e. The Bertz CT molecular complexity index is 1460. The standard InChI is InChI=1S/C28H24ClN3O5/c1-16-10-11-17(2)23(12-16)30-25(33)15-37-20-7-4-6-19(13-20)14-21-26(34)31-28(36)32(27(21)35)24-9-5-8-22(29)18(24)3/h4-14H,15H2,1-3H3,(H,30,33)(H,31,34,36)/b21-14-. The summed E-state index contributed by atoms with van der Waals surface area (Å²) in [4.78, 5) is 51.5. The van der Waals surface area contributed by atoms with Gasteiger partial charge in [-0.15, -0.1) is 0 Å². The molecule has 4 rings (SSSR count). The second-order valence-corrected chi connectivity index (χ2v) is 8.98. The Hall–Kier alpha value is -4.43. The number of amides is 5. The minimum atomic E-state index is -0.857. The third kappa shape index (κ3) is 5.70. The van der Waals surface area contributed by atoms with Crippen molar-refractivity contribution in [1.82, 2.24) is 5.32 Å². The van der Waals surface area contributed by atoms with Gasteiger partial charge in [-0.1, -0.05) is 41.9 Å². The van der Waals surface area contributed by atoms with Crippen molar-refractivity contribution >= 4 is 52.8 Å². The molecule has 37 heavy (non-hydrogen) atoms. The maximum absolute atomic E-state index is 13.2. The zero-order chi connectivity index (χ0) is 26.7. The summed E-state index contributed by atoms with van der Waals surface area (Å²) in [6.07, 6.45) is 1.36. The molecular formula is C28H24ClN3O5. The number of hydrogen-bond donors (Lipinski definition) is 2. The molecular weight excluding hydrogens is 494 g/mol. The van der Waals surface area contributed by atoms with Crippen molar-refractivity contribution in [3.05, 3.63) is 93.5 Å². The van der Waals surface area contributed by atoms with Crippen LogP contribution in [0.1, 0.15) is 22.3 Å². The molecule has 5 amide bonds. The summed E-state index contributed by atoms with van der Waals surface area (Å²) in [5.74, 6) is -1.55. The van der Waals surface area contributed by atoms with Gasteiger partial charge in [0.1, 0.15) is 11.3 Å². The fourth-order valence-electron chi connectivity index (χ4n) is 3.78. The first kappa shape index (κ1) is 25.7. The normalized spacial score (nSPS) is 14.5. The lowest BCUT2D eigenvalue weighted by atomic mass is 10.1. The number of carbonyl (C=O) groups is 4. The van der Waals surface area contributed by atoms with Crippen LogP contribution in [0.5, 0.6) is 5.75 Å². The third-order valence-electron chi connectivity index (χ3n) is 5.79. The molecule has 0 aromatic heterocycles. The molecule has 0 bridgehead atoms. The second-order valence-electron chi connectivity index (χ2n) is 8.57. The minimum absolute atomic E-state index is 0.233. The van der Waals surface area contributed by atoms with Crippen LogP contribution in [-0.4, -0.2) is 30.4 Å². The molecule has 2 N–H and O–H groups in total. The fourth-order valence-corrected chi connectivity index (χ4v) is 3.95. The Balaban J connectivity index is 1.51. The number of rotatable bonds is 6. The van der Waals surface area contributed by atoms with E-state index in [1.54, 1.807) is 49.4 Å². The maximum Gasteiger partial charge on any atom is 0.335 e. The largest absolute Gasteiger partial charge is 0.484 e. The molecule has 188 valence electrons. The van der Waals surface area contributed by atoms with E-state index in [2.05, 4.69) is 10.6 Å². The number of carbonyl (C=O) groups excluding carboxylic acids is 4. The van der Waals surface area contributed by atoms with Gasteiger partial charge >= 0.3 is 6.03 Å². The van der Waals surface area contributed by atoms with E-state index in [1.807, 2.05) is 32.0 Å². The number of urea groups is 1. The Morgan fingerprint density at radius 1 is 1.03 bits per heavy atom. The topological polar surface area (TPSA) is 105 Å². The summed E-state index contributed by atoms with van der Waals surface area (Å²) >= 11 is 6.16. The predicted octanol–water partition coefficient (Wildman–Crippen LogP) is 4.95. The van der Waals surface area contributed by atoms with Crippen LogP contribution in [-0.2, 0) is 14.4 Å². The van der Waals surface area contributed by atoms with Crippen molar-refractivity contribution in [3.8, 4) is 5.75 Å². The van der Waals surface area contributed by atoms with Crippen molar-refractivity contribution in [1.29, 1.82) is 0 Å². The van der Waals surface area contributed by atoms with Gasteiger partial charge in [0.25, 0.3) is 17.7 Å². The zero-order valence-electron chi connectivity index (χ0n) is 20.4. The van der Waals surface area contributed by atoms with Gasteiger partial charge in [-0.2, -0.15) is 0 Å². The number of barbiturate groups is 1. The molecule has 1 aliphatic rings. The lowest BCUT2D eigenvalue weighted by molar-refractivity contribution is -0.122. The van der Waals surface area contributed by atoms with Crippen LogP contribution in [0.4, 0.5) is 16.2 Å². The summed E-state index contributed by atoms with van der Waals surface area (Å²) in [5, 5.41) is 5.40. The van der Waals surface area contributed by atoms with E-state index in [0.29, 0.717) is 27.6 Å². The summed E-state index contributed by atoms with van der Waals surface area (Å²) < 4.78 is 5.62. The van der Waals surface area contributed by atoms with E-state index >= 15 is 0 Å². The molecule has 0 unspecified atom stereocenters. The van der Waals surface area contributed by atoms with E-state index in [0.717, 1.165) is 16.0 Å². The van der Waals surface area contributed by atoms with Crippen molar-refractivity contribution in [2.75, 3.05) is 16.8 Å². The quantitative estimate of drug-likeness (QED) is 0.355. The zero-order valence-corrected chi connectivity index (χ0v) is 21.2. The summed E-state index contributed by atoms with van der Waals surface area (Å²) in [7, 11) is 0. The molecule has 0 aliphatic carbocycles. The van der Waals surface area contributed by atoms with Crippen molar-refractivity contribution in [2.45, 2.75) is 20.8 Å². The van der Waals surface area contributed by atoms with Gasteiger partial charge in [-0.3, -0.25) is 19.7 Å². The Morgan fingerprint density at radius 2 is 1.78 bits per heavy atom. The van der Waals surface area contributed by atoms with Crippen LogP contribution in [0.2, 0.25) is 5.02 Å². The fraction of sp³-hybridized carbons (Fsp3) is 0.143. The highest BCUT2D eigenvalue weighted by atomic mass is 35.5. The van der Waals surface area contributed by atoms with Gasteiger partial charge in [0.05, 0.1) is 5.69 Å². The predicted molar refractivity (Wildman–Crippen MR) is 142 cm³/mol. The van der Waals surface area contributed by atoms with Crippen LogP contribution in [0.3, 0.4) is 0 Å². The number of imide groups is 2. The van der Waals surface area contributed by atoms with Gasteiger partial charge < -0.3 is 10.1 Å². The molecule has 1 heterocycles. The molecule has 1 aliphatic heterocycles. The average Bonchev–Trinajstić information content (AvgIpc) is 2.85. The highest BCUT2D eigenvalue weighted by molar-refractivity contribution is 6.40. The molecule has 3 aromatic rings. The first-order valence-electron chi connectivity index (χ1n) is 11.4. The number of nitrogens with one attached hydrogen (secondary N) is 2. The van der Waals surface area contributed by atoms with Crippen molar-refractivity contribution in [2.24, 2.45) is 0 Å². The maximum atomic E-state index is 13.2. The van der Waals surface area contributed by atoms with E-state index in [4.69, 9.17) is 16.3 Å². The molecule has 9 heteroatoms. The molecule has 1 saturated heterocycles. The van der Waals surface area contributed by atoms with Gasteiger partial charge in [0.2, 0.25) is 0 Å². The van der Waals surface area contributed by atoms with Gasteiger partial charge in [-0.25, -0.2) is 9.69 Å². The number of hydrogen-bond acceptors (Lipinski definition) is 5. The van der Waals surface area contributed by atoms with Crippen LogP contribution >= 0.6 is 11.6 Å². The SMILES string of the molecule is Cc1ccc(C)c(NC(=O)COc2cccc(/C=C3/C(=O)NC(=O)N(c4cccc(Cl)c4C)C3=O)c2)c1. The lowest BCUT2D eigenvalue weighted by Gasteiger charge is -2.27. The first-order chi connectivity index (χ1) is 17.6. The number of halogens is 1. The highest BCUT2D eigenvalue weighted by Gasteiger charge is 2.37. The second kappa shape index (κ2) is 10.7. The number of aryl methyl sites for hydroxylation is 2. The van der Waals surface area contributed by atoms with Crippen molar-refractivity contribution in [3.63, 3.8) is 0 Å². The number of ether oxygens (including phenoxy) is 1. The number of anilines is 2. The number of nitrogens with zero attached hydrogens (tertiary/aromatic N) is 1. The van der Waals surface area contributed by atoms with Crippen LogP contribution in [0, 0.1) is 20.8 Å². The van der Waals surface area contributed by atoms with Gasteiger partial charge in [0.15, 0.2) is 6.61 Å². The van der Waals surface area contributed by atoms with Crippen molar-refractivity contribution < 1.29 is 23.9 Å². The van der Waals surface area contributed by atoms with Crippen LogP contribution in [0.25, 0.3) is 6.08 Å². The molecule has 1 fully saturated rings. The van der Waals surface area contributed by atoms with E-state index < -0.39 is 17.8 Å². The first-order valence-corrected chi connectivity index (χ1v) is 11.8. The molecule has 3 aromatic carbocycles. The molecule has 0 spiro atoms. The van der Waals surface area contributed by atoms with E-state index in [-0.39, 0.29) is 23.8 Å². The molecule has 0 saturated carbocycles. The Labute approximate surface area is 218 Å². The summed E-state index contributed by atoms with van der Waals surface area (Å²) in [5.41, 5.74) is 3.71. The van der Waals surface area contributed by atoms with Crippen LogP contribution in [0.15, 0.2) is 66.2 Å².